The normalized spacial score (nSPS) is 21.7. The van der Waals surface area contributed by atoms with Crippen molar-refractivity contribution in [3.63, 3.8) is 0 Å². The molecular formula is C18H22N4O2S2. The van der Waals surface area contributed by atoms with Crippen molar-refractivity contribution in [1.29, 1.82) is 0 Å². The van der Waals surface area contributed by atoms with E-state index in [2.05, 4.69) is 34.5 Å². The predicted octanol–water partition coefficient (Wildman–Crippen LogP) is 2.19. The maximum atomic E-state index is 12.3. The first kappa shape index (κ1) is 19.0. The second-order valence-corrected chi connectivity index (χ2v) is 8.59. The molecule has 3 rings (SSSR count). The molecule has 1 aromatic rings. The summed E-state index contributed by atoms with van der Waals surface area (Å²) < 4.78 is 0. The number of hydrogen-bond donors (Lipinski definition) is 2. The van der Waals surface area contributed by atoms with E-state index in [4.69, 9.17) is 0 Å². The average Bonchev–Trinajstić information content (AvgIpc) is 3.06. The molecule has 0 bridgehead atoms. The molecule has 2 aliphatic heterocycles. The monoisotopic (exact) mass is 390 g/mol. The van der Waals surface area contributed by atoms with Crippen LogP contribution in [0.1, 0.15) is 19.5 Å². The molecule has 2 amide bonds. The van der Waals surface area contributed by atoms with E-state index in [1.807, 2.05) is 24.3 Å². The van der Waals surface area contributed by atoms with Crippen LogP contribution >= 0.6 is 23.5 Å². The van der Waals surface area contributed by atoms with E-state index in [-0.39, 0.29) is 23.1 Å². The van der Waals surface area contributed by atoms with Crippen molar-refractivity contribution in [2.75, 3.05) is 11.5 Å². The maximum Gasteiger partial charge on any atom is 0.235 e. The molecule has 0 spiro atoms. The van der Waals surface area contributed by atoms with E-state index < -0.39 is 0 Å². The number of carbonyl (C=O) groups excluding carboxylic acids is 2. The number of pyridine rings is 1. The fourth-order valence-electron chi connectivity index (χ4n) is 2.62. The number of amidine groups is 1. The van der Waals surface area contributed by atoms with Gasteiger partial charge in [0.25, 0.3) is 0 Å². The fraction of sp³-hybridized carbons (Fsp3) is 0.444. The lowest BCUT2D eigenvalue weighted by Crippen LogP contribution is -2.44. The number of hydrogen-bond acceptors (Lipinski definition) is 6. The minimum absolute atomic E-state index is 0.00311. The second kappa shape index (κ2) is 8.73. The van der Waals surface area contributed by atoms with Crippen molar-refractivity contribution in [2.24, 2.45) is 16.8 Å². The van der Waals surface area contributed by atoms with Gasteiger partial charge in [-0.05, 0) is 23.0 Å². The van der Waals surface area contributed by atoms with Crippen LogP contribution in [0.5, 0.6) is 0 Å². The summed E-state index contributed by atoms with van der Waals surface area (Å²) in [4.78, 5) is 34.2. The molecule has 8 heteroatoms. The van der Waals surface area contributed by atoms with Crippen LogP contribution in [0, 0.1) is 11.8 Å². The van der Waals surface area contributed by atoms with Gasteiger partial charge in [-0.3, -0.25) is 19.6 Å². The molecule has 2 atom stereocenters. The van der Waals surface area contributed by atoms with E-state index in [9.17, 15) is 9.59 Å². The summed E-state index contributed by atoms with van der Waals surface area (Å²) in [5.74, 6) is 1.68. The lowest BCUT2D eigenvalue weighted by Gasteiger charge is -2.22. The van der Waals surface area contributed by atoms with Gasteiger partial charge in [-0.15, -0.1) is 23.5 Å². The van der Waals surface area contributed by atoms with Gasteiger partial charge in [0.1, 0.15) is 11.2 Å². The summed E-state index contributed by atoms with van der Waals surface area (Å²) in [6.07, 6.45) is 3.74. The summed E-state index contributed by atoms with van der Waals surface area (Å²) >= 11 is 3.12. The first-order valence-corrected chi connectivity index (χ1v) is 10.6. The van der Waals surface area contributed by atoms with Crippen molar-refractivity contribution in [1.82, 2.24) is 15.6 Å². The molecule has 0 saturated heterocycles. The third-order valence-electron chi connectivity index (χ3n) is 3.99. The van der Waals surface area contributed by atoms with Crippen LogP contribution in [0.2, 0.25) is 0 Å². The summed E-state index contributed by atoms with van der Waals surface area (Å²) in [7, 11) is 0. The molecule has 0 aliphatic carbocycles. The number of amides is 2. The Morgan fingerprint density at radius 1 is 1.42 bits per heavy atom. The zero-order valence-electron chi connectivity index (χ0n) is 14.8. The first-order valence-electron chi connectivity index (χ1n) is 8.53. The molecular weight excluding hydrogens is 368 g/mol. The van der Waals surface area contributed by atoms with Gasteiger partial charge in [0, 0.05) is 6.20 Å². The van der Waals surface area contributed by atoms with Gasteiger partial charge in [-0.25, -0.2) is 0 Å². The number of allylic oxidation sites excluding steroid dienone is 1. The van der Waals surface area contributed by atoms with Gasteiger partial charge in [-0.1, -0.05) is 26.0 Å². The molecule has 6 nitrogen and oxygen atoms in total. The molecule has 0 saturated carbocycles. The zero-order valence-corrected chi connectivity index (χ0v) is 16.4. The summed E-state index contributed by atoms with van der Waals surface area (Å²) in [6, 6.07) is 5.60. The third kappa shape index (κ3) is 4.88. The highest BCUT2D eigenvalue weighted by molar-refractivity contribution is 8.04. The van der Waals surface area contributed by atoms with Crippen LogP contribution in [0.3, 0.4) is 0 Å². The third-order valence-corrected chi connectivity index (χ3v) is 6.46. The quantitative estimate of drug-likeness (QED) is 0.746. The molecule has 26 heavy (non-hydrogen) atoms. The number of fused-ring (bicyclic) bond motifs is 1. The van der Waals surface area contributed by atoms with Gasteiger partial charge < -0.3 is 10.6 Å². The van der Waals surface area contributed by atoms with Crippen LogP contribution in [-0.2, 0) is 16.1 Å². The van der Waals surface area contributed by atoms with Crippen LogP contribution in [0.25, 0.3) is 0 Å². The van der Waals surface area contributed by atoms with Gasteiger partial charge in [-0.2, -0.15) is 0 Å². The highest BCUT2D eigenvalue weighted by Crippen LogP contribution is 2.42. The van der Waals surface area contributed by atoms with E-state index in [1.165, 1.54) is 16.7 Å². The highest BCUT2D eigenvalue weighted by atomic mass is 32.2. The largest absolute Gasteiger partial charge is 0.350 e. The second-order valence-electron chi connectivity index (χ2n) is 6.41. The number of thioether (sulfide) groups is 2. The molecule has 2 unspecified atom stereocenters. The number of carbonyl (C=O) groups is 2. The molecule has 3 heterocycles. The Morgan fingerprint density at radius 2 is 2.27 bits per heavy atom. The minimum atomic E-state index is -0.173. The highest BCUT2D eigenvalue weighted by Gasteiger charge is 2.37. The Balaban J connectivity index is 1.43. The molecule has 0 fully saturated rings. The van der Waals surface area contributed by atoms with Crippen LogP contribution in [0.15, 0.2) is 40.4 Å². The van der Waals surface area contributed by atoms with Crippen molar-refractivity contribution in [3.8, 4) is 0 Å². The lowest BCUT2D eigenvalue weighted by molar-refractivity contribution is -0.122. The smallest absolute Gasteiger partial charge is 0.235 e. The van der Waals surface area contributed by atoms with Gasteiger partial charge in [0.05, 0.1) is 29.7 Å². The van der Waals surface area contributed by atoms with E-state index in [1.54, 1.807) is 18.0 Å². The Morgan fingerprint density at radius 3 is 3.00 bits per heavy atom. The van der Waals surface area contributed by atoms with E-state index >= 15 is 0 Å². The van der Waals surface area contributed by atoms with Crippen LogP contribution in [-0.4, -0.2) is 39.5 Å². The number of rotatable bonds is 7. The molecule has 2 N–H and O–H groups in total. The van der Waals surface area contributed by atoms with Crippen molar-refractivity contribution in [3.05, 3.63) is 41.1 Å². The number of aliphatic imine (C=N–C) groups is 1. The number of nitrogens with one attached hydrogen (secondary N) is 2. The molecule has 1 aromatic heterocycles. The Bertz CT molecular complexity index is 734. The van der Waals surface area contributed by atoms with Crippen molar-refractivity contribution < 1.29 is 9.59 Å². The molecule has 138 valence electrons. The summed E-state index contributed by atoms with van der Waals surface area (Å²) in [5, 5.41) is 5.65. The fourth-order valence-corrected chi connectivity index (χ4v) is 4.65. The molecule has 0 radical (unpaired) electrons. The average molecular weight is 391 g/mol. The molecule has 0 aromatic carbocycles. The Kier molecular flexibility index (Phi) is 6.37. The maximum absolute atomic E-state index is 12.3. The molecule has 2 aliphatic rings. The van der Waals surface area contributed by atoms with Crippen molar-refractivity contribution in [2.45, 2.75) is 25.8 Å². The Labute approximate surface area is 161 Å². The number of nitrogens with zero attached hydrogens (tertiary/aromatic N) is 2. The van der Waals surface area contributed by atoms with Gasteiger partial charge >= 0.3 is 0 Å². The topological polar surface area (TPSA) is 83.5 Å². The van der Waals surface area contributed by atoms with Crippen molar-refractivity contribution >= 4 is 41.2 Å². The SMILES string of the molecule is CC(C)C1=CC2C(=O)NC(CSCC(=O)NCc3ccccn3)=NC2S1. The Hall–Kier alpha value is -1.80. The van der Waals surface area contributed by atoms with Gasteiger partial charge in [0.2, 0.25) is 11.8 Å². The van der Waals surface area contributed by atoms with Crippen LogP contribution < -0.4 is 10.6 Å². The van der Waals surface area contributed by atoms with Gasteiger partial charge in [0.15, 0.2) is 0 Å². The zero-order chi connectivity index (χ0) is 18.5. The summed E-state index contributed by atoms with van der Waals surface area (Å²) in [5.41, 5.74) is 0.826. The lowest BCUT2D eigenvalue weighted by atomic mass is 10.0. The first-order chi connectivity index (χ1) is 12.5. The van der Waals surface area contributed by atoms with E-state index in [0.29, 0.717) is 29.8 Å². The van der Waals surface area contributed by atoms with E-state index in [0.717, 1.165) is 5.69 Å². The standard InChI is InChI=1S/C18H22N4O2S2/c1-11(2)14-7-13-17(24)21-15(22-18(13)26-14)9-25-10-16(23)20-8-12-5-3-4-6-19-12/h3-7,11,13,18H,8-10H2,1-2H3,(H,20,23)(H,21,22,24). The minimum Gasteiger partial charge on any atom is -0.350 e. The van der Waals surface area contributed by atoms with Crippen LogP contribution in [0.4, 0.5) is 0 Å². The summed E-state index contributed by atoms with van der Waals surface area (Å²) in [6.45, 7) is 4.66. The number of aromatic nitrogens is 1. The predicted molar refractivity (Wildman–Crippen MR) is 107 cm³/mol.